The molecule has 6 heteroatoms. The molecule has 4 heterocycles. The molecule has 3 fully saturated rings. The van der Waals surface area contributed by atoms with Crippen LogP contribution in [-0.2, 0) is 6.54 Å². The molecule has 1 N–H and O–H groups in total. The summed E-state index contributed by atoms with van der Waals surface area (Å²) < 4.78 is 19.8. The second-order valence-electron chi connectivity index (χ2n) is 8.29. The van der Waals surface area contributed by atoms with Gasteiger partial charge in [0.25, 0.3) is 5.91 Å². The van der Waals surface area contributed by atoms with Crippen LogP contribution >= 0.6 is 0 Å². The zero-order valence-electron chi connectivity index (χ0n) is 15.9. The highest BCUT2D eigenvalue weighted by Crippen LogP contribution is 2.43. The average molecular weight is 383 g/mol. The fourth-order valence-electron chi connectivity index (χ4n) is 5.13. The lowest BCUT2D eigenvalue weighted by molar-refractivity contribution is 0.0678. The number of nitrogens with one attached hydrogen (secondary N) is 1. The Balaban J connectivity index is 1.39. The number of fused-ring (bicyclic) bond motifs is 1. The van der Waals surface area contributed by atoms with Gasteiger partial charge in [-0.05, 0) is 61.7 Å². The molecule has 3 aliphatic heterocycles. The second kappa shape index (κ2) is 7.33. The first kappa shape index (κ1) is 17.9. The van der Waals surface area contributed by atoms with Crippen LogP contribution in [0, 0.1) is 17.7 Å². The van der Waals surface area contributed by atoms with Gasteiger partial charge in [0.15, 0.2) is 5.76 Å². The first-order valence-corrected chi connectivity index (χ1v) is 10.3. The summed E-state index contributed by atoms with van der Waals surface area (Å²) in [4.78, 5) is 17.5. The lowest BCUT2D eigenvalue weighted by Crippen LogP contribution is -2.34. The summed E-state index contributed by atoms with van der Waals surface area (Å²) in [7, 11) is 0. The Morgan fingerprint density at radius 1 is 1.18 bits per heavy atom. The Labute approximate surface area is 164 Å². The normalized spacial score (nSPS) is 27.5. The summed E-state index contributed by atoms with van der Waals surface area (Å²) in [5.74, 6) is 1.60. The van der Waals surface area contributed by atoms with E-state index in [4.69, 9.17) is 4.42 Å². The smallest absolute Gasteiger partial charge is 0.290 e. The monoisotopic (exact) mass is 383 g/mol. The number of nitrogens with zero attached hydrogens (tertiary/aromatic N) is 2. The largest absolute Gasteiger partial charge is 0.455 e. The number of benzene rings is 1. The maximum Gasteiger partial charge on any atom is 0.290 e. The van der Waals surface area contributed by atoms with Crippen LogP contribution in [-0.4, -0.2) is 48.4 Å². The molecule has 0 aliphatic carbocycles. The molecule has 3 atom stereocenters. The number of carbonyl (C=O) groups is 1. The highest BCUT2D eigenvalue weighted by molar-refractivity contribution is 5.92. The van der Waals surface area contributed by atoms with E-state index in [2.05, 4.69) is 10.2 Å². The molecular formula is C22H26FN3O2. The van der Waals surface area contributed by atoms with E-state index in [0.717, 1.165) is 44.0 Å². The molecule has 2 aromatic rings. The fourth-order valence-corrected chi connectivity index (χ4v) is 5.13. The zero-order valence-corrected chi connectivity index (χ0v) is 15.9. The van der Waals surface area contributed by atoms with Gasteiger partial charge in [-0.1, -0.05) is 12.1 Å². The first-order valence-electron chi connectivity index (χ1n) is 10.3. The molecule has 28 heavy (non-hydrogen) atoms. The van der Waals surface area contributed by atoms with Gasteiger partial charge < -0.3 is 14.6 Å². The maximum absolute atomic E-state index is 13.9. The van der Waals surface area contributed by atoms with Gasteiger partial charge in [-0.25, -0.2) is 4.39 Å². The molecule has 0 bridgehead atoms. The van der Waals surface area contributed by atoms with Gasteiger partial charge >= 0.3 is 0 Å². The van der Waals surface area contributed by atoms with Crippen molar-refractivity contribution in [1.29, 1.82) is 0 Å². The Bertz CT molecular complexity index is 861. The summed E-state index contributed by atoms with van der Waals surface area (Å²) in [5.41, 5.74) is 0.869. The van der Waals surface area contributed by atoms with E-state index in [9.17, 15) is 9.18 Å². The molecule has 0 spiro atoms. The number of hydrogen-bond acceptors (Lipinski definition) is 4. The Hall–Kier alpha value is -2.18. The molecular weight excluding hydrogens is 357 g/mol. The molecule has 0 saturated carbocycles. The van der Waals surface area contributed by atoms with Crippen molar-refractivity contribution in [2.24, 2.45) is 11.8 Å². The topological polar surface area (TPSA) is 48.7 Å². The fraction of sp³-hybridized carbons (Fsp3) is 0.500. The van der Waals surface area contributed by atoms with Crippen LogP contribution in [0.5, 0.6) is 0 Å². The van der Waals surface area contributed by atoms with Crippen molar-refractivity contribution in [1.82, 2.24) is 15.1 Å². The van der Waals surface area contributed by atoms with Gasteiger partial charge in [-0.2, -0.15) is 0 Å². The summed E-state index contributed by atoms with van der Waals surface area (Å²) in [6.45, 7) is 5.38. The minimum atomic E-state index is -0.259. The van der Waals surface area contributed by atoms with Gasteiger partial charge in [0.1, 0.15) is 11.6 Å². The molecule has 5 nitrogen and oxygen atoms in total. The van der Waals surface area contributed by atoms with Crippen molar-refractivity contribution < 1.29 is 13.6 Å². The number of rotatable bonds is 4. The molecule has 1 amide bonds. The van der Waals surface area contributed by atoms with Crippen LogP contribution in [0.2, 0.25) is 0 Å². The summed E-state index contributed by atoms with van der Waals surface area (Å²) in [6.07, 6.45) is 2.46. The third kappa shape index (κ3) is 3.25. The minimum absolute atomic E-state index is 0.0867. The maximum atomic E-state index is 13.9. The molecule has 0 radical (unpaired) electrons. The van der Waals surface area contributed by atoms with Crippen LogP contribution < -0.4 is 5.32 Å². The van der Waals surface area contributed by atoms with E-state index in [1.54, 1.807) is 18.2 Å². The average Bonchev–Trinajstić information content (AvgIpc) is 3.46. The molecule has 1 aromatic carbocycles. The Morgan fingerprint density at radius 3 is 2.86 bits per heavy atom. The third-order valence-corrected chi connectivity index (χ3v) is 6.47. The van der Waals surface area contributed by atoms with Crippen LogP contribution in [0.25, 0.3) is 0 Å². The van der Waals surface area contributed by atoms with Gasteiger partial charge in [0.2, 0.25) is 0 Å². The molecule has 148 valence electrons. The third-order valence-electron chi connectivity index (χ3n) is 6.47. The standard InChI is InChI=1S/C22H26FN3O2/c23-17-5-3-4-15(10-17)21-19-12-24-11-16(19)13-26(21)22(27)20-7-6-18(28-20)14-25-8-1-2-9-25/h3-7,10,16,19,21,24H,1-2,8-9,11-14H2/t16-,19-,21+/m0/s1. The lowest BCUT2D eigenvalue weighted by atomic mass is 9.89. The summed E-state index contributed by atoms with van der Waals surface area (Å²) in [6, 6.07) is 10.3. The van der Waals surface area contributed by atoms with Crippen LogP contribution in [0.4, 0.5) is 4.39 Å². The van der Waals surface area contributed by atoms with E-state index in [1.165, 1.54) is 18.9 Å². The molecule has 5 rings (SSSR count). The van der Waals surface area contributed by atoms with Crippen LogP contribution in [0.3, 0.4) is 0 Å². The minimum Gasteiger partial charge on any atom is -0.455 e. The number of carbonyl (C=O) groups excluding carboxylic acids is 1. The Kier molecular flexibility index (Phi) is 4.69. The highest BCUT2D eigenvalue weighted by atomic mass is 19.1. The quantitative estimate of drug-likeness (QED) is 0.882. The van der Waals surface area contributed by atoms with E-state index in [0.29, 0.717) is 24.1 Å². The molecule has 3 aliphatic rings. The number of halogens is 1. The van der Waals surface area contributed by atoms with Crippen molar-refractivity contribution >= 4 is 5.91 Å². The van der Waals surface area contributed by atoms with Gasteiger partial charge in [0.05, 0.1) is 12.6 Å². The van der Waals surface area contributed by atoms with Crippen molar-refractivity contribution in [3.05, 3.63) is 59.3 Å². The van der Waals surface area contributed by atoms with E-state index >= 15 is 0 Å². The second-order valence-corrected chi connectivity index (χ2v) is 8.29. The van der Waals surface area contributed by atoms with E-state index in [1.807, 2.05) is 17.0 Å². The zero-order chi connectivity index (χ0) is 19.1. The van der Waals surface area contributed by atoms with Gasteiger partial charge in [0, 0.05) is 25.6 Å². The van der Waals surface area contributed by atoms with E-state index < -0.39 is 0 Å². The van der Waals surface area contributed by atoms with Crippen molar-refractivity contribution in [2.75, 3.05) is 32.7 Å². The predicted molar refractivity (Wildman–Crippen MR) is 103 cm³/mol. The number of hydrogen-bond donors (Lipinski definition) is 1. The first-order chi connectivity index (χ1) is 13.7. The summed E-state index contributed by atoms with van der Waals surface area (Å²) in [5, 5.41) is 3.42. The number of furan rings is 1. The summed E-state index contributed by atoms with van der Waals surface area (Å²) >= 11 is 0. The van der Waals surface area contributed by atoms with Crippen LogP contribution in [0.1, 0.15) is 40.8 Å². The predicted octanol–water partition coefficient (Wildman–Crippen LogP) is 3.05. The lowest BCUT2D eigenvalue weighted by Gasteiger charge is -2.27. The van der Waals surface area contributed by atoms with Gasteiger partial charge in [-0.15, -0.1) is 0 Å². The van der Waals surface area contributed by atoms with E-state index in [-0.39, 0.29) is 17.8 Å². The van der Waals surface area contributed by atoms with Crippen molar-refractivity contribution in [3.63, 3.8) is 0 Å². The highest BCUT2D eigenvalue weighted by Gasteiger charge is 2.47. The van der Waals surface area contributed by atoms with Crippen LogP contribution in [0.15, 0.2) is 40.8 Å². The number of likely N-dealkylation sites (tertiary alicyclic amines) is 2. The molecule has 1 aromatic heterocycles. The van der Waals surface area contributed by atoms with Crippen molar-refractivity contribution in [2.45, 2.75) is 25.4 Å². The molecule has 3 saturated heterocycles. The number of amides is 1. The van der Waals surface area contributed by atoms with Crippen molar-refractivity contribution in [3.8, 4) is 0 Å². The molecule has 0 unspecified atom stereocenters. The van der Waals surface area contributed by atoms with Gasteiger partial charge in [-0.3, -0.25) is 9.69 Å². The SMILES string of the molecule is O=C(c1ccc(CN2CCCC2)o1)N1C[C@@H]2CNC[C@@H]2[C@H]1c1cccc(F)c1. The Morgan fingerprint density at radius 2 is 2.04 bits per heavy atom.